The molecule has 2 atom stereocenters. The maximum Gasteiger partial charge on any atom is 0.180 e. The molecule has 0 bridgehead atoms. The van der Waals surface area contributed by atoms with Crippen molar-refractivity contribution in [3.8, 4) is 0 Å². The lowest BCUT2D eigenvalue weighted by atomic mass is 10.0. The number of nitrogens with zero attached hydrogens (tertiary/aromatic N) is 3. The van der Waals surface area contributed by atoms with Gasteiger partial charge in [-0.15, -0.1) is 0 Å². The van der Waals surface area contributed by atoms with E-state index < -0.39 is 0 Å². The molecule has 2 saturated heterocycles. The van der Waals surface area contributed by atoms with E-state index in [1.54, 1.807) is 6.26 Å². The fourth-order valence-corrected chi connectivity index (χ4v) is 3.54. The summed E-state index contributed by atoms with van der Waals surface area (Å²) in [7, 11) is 0. The highest BCUT2D eigenvalue weighted by atomic mass is 16.3. The Labute approximate surface area is 102 Å². The molecule has 4 rings (SSSR count). The lowest BCUT2D eigenvalue weighted by Crippen LogP contribution is -2.30. The average Bonchev–Trinajstić information content (AvgIpc) is 2.72. The molecule has 1 aromatic rings. The minimum atomic E-state index is 0.905. The summed E-state index contributed by atoms with van der Waals surface area (Å²) in [6.45, 7) is 6.14. The summed E-state index contributed by atoms with van der Waals surface area (Å²) in [5.41, 5.74) is 1.07. The van der Waals surface area contributed by atoms with Crippen molar-refractivity contribution in [2.75, 3.05) is 26.2 Å². The summed E-state index contributed by atoms with van der Waals surface area (Å²) in [6.07, 6.45) is 6.19. The van der Waals surface area contributed by atoms with Gasteiger partial charge in [0.2, 0.25) is 0 Å². The molecule has 0 amide bonds. The van der Waals surface area contributed by atoms with Crippen LogP contribution in [0.1, 0.15) is 18.5 Å². The van der Waals surface area contributed by atoms with Gasteiger partial charge in [0.1, 0.15) is 6.26 Å². The van der Waals surface area contributed by atoms with Crippen LogP contribution in [0.25, 0.3) is 0 Å². The first-order chi connectivity index (χ1) is 8.38. The second kappa shape index (κ2) is 3.82. The van der Waals surface area contributed by atoms with Gasteiger partial charge in [-0.05, 0) is 24.7 Å². The zero-order chi connectivity index (χ0) is 11.2. The van der Waals surface area contributed by atoms with Crippen LogP contribution in [0, 0.1) is 11.8 Å². The standard InChI is InChI=1S/C13H19N3O/c1-2-13(1)16-5-10-3-15(4-11(10)6-16)7-12-8-17-9-14-12/h8-11,13H,1-7H2. The van der Waals surface area contributed by atoms with E-state index in [1.807, 2.05) is 0 Å². The smallest absolute Gasteiger partial charge is 0.180 e. The minimum absolute atomic E-state index is 0.905. The minimum Gasteiger partial charge on any atom is -0.451 e. The van der Waals surface area contributed by atoms with Crippen molar-refractivity contribution in [2.24, 2.45) is 11.8 Å². The SMILES string of the molecule is c1nc(CN2CC3CN(C4CC4)CC3C2)co1. The van der Waals surface area contributed by atoms with Crippen molar-refractivity contribution in [1.29, 1.82) is 0 Å². The highest BCUT2D eigenvalue weighted by Gasteiger charge is 2.44. The third-order valence-corrected chi connectivity index (χ3v) is 4.52. The van der Waals surface area contributed by atoms with Gasteiger partial charge in [-0.2, -0.15) is 0 Å². The zero-order valence-corrected chi connectivity index (χ0v) is 10.1. The molecule has 92 valence electrons. The number of oxazole rings is 1. The van der Waals surface area contributed by atoms with Crippen molar-refractivity contribution >= 4 is 0 Å². The molecular formula is C13H19N3O. The van der Waals surface area contributed by atoms with Crippen LogP contribution in [0.4, 0.5) is 0 Å². The average molecular weight is 233 g/mol. The normalized spacial score (nSPS) is 34.4. The van der Waals surface area contributed by atoms with Gasteiger partial charge in [0.25, 0.3) is 0 Å². The Morgan fingerprint density at radius 1 is 1.18 bits per heavy atom. The van der Waals surface area contributed by atoms with Crippen LogP contribution in [0.5, 0.6) is 0 Å². The summed E-state index contributed by atoms with van der Waals surface area (Å²) in [5, 5.41) is 0. The molecule has 2 aliphatic heterocycles. The summed E-state index contributed by atoms with van der Waals surface area (Å²) < 4.78 is 5.03. The molecule has 0 N–H and O–H groups in total. The van der Waals surface area contributed by atoms with Crippen LogP contribution >= 0.6 is 0 Å². The van der Waals surface area contributed by atoms with E-state index in [-0.39, 0.29) is 0 Å². The summed E-state index contributed by atoms with van der Waals surface area (Å²) >= 11 is 0. The molecule has 1 aliphatic carbocycles. The molecular weight excluding hydrogens is 214 g/mol. The Morgan fingerprint density at radius 2 is 1.94 bits per heavy atom. The first-order valence-corrected chi connectivity index (χ1v) is 6.72. The molecule has 4 nitrogen and oxygen atoms in total. The van der Waals surface area contributed by atoms with E-state index >= 15 is 0 Å². The van der Waals surface area contributed by atoms with Crippen LogP contribution in [0.15, 0.2) is 17.1 Å². The van der Waals surface area contributed by atoms with E-state index in [1.165, 1.54) is 45.4 Å². The number of fused-ring (bicyclic) bond motifs is 1. The predicted octanol–water partition coefficient (Wildman–Crippen LogP) is 1.20. The lowest BCUT2D eigenvalue weighted by molar-refractivity contribution is 0.244. The number of rotatable bonds is 3. The molecule has 3 fully saturated rings. The van der Waals surface area contributed by atoms with Gasteiger partial charge in [-0.25, -0.2) is 4.98 Å². The number of hydrogen-bond acceptors (Lipinski definition) is 4. The second-order valence-corrected chi connectivity index (χ2v) is 5.88. The van der Waals surface area contributed by atoms with Gasteiger partial charge < -0.3 is 4.42 Å². The molecule has 3 heterocycles. The van der Waals surface area contributed by atoms with Crippen molar-refractivity contribution in [3.05, 3.63) is 18.4 Å². The fraction of sp³-hybridized carbons (Fsp3) is 0.769. The van der Waals surface area contributed by atoms with Crippen molar-refractivity contribution in [3.63, 3.8) is 0 Å². The van der Waals surface area contributed by atoms with Crippen LogP contribution < -0.4 is 0 Å². The van der Waals surface area contributed by atoms with Crippen LogP contribution in [-0.4, -0.2) is 47.0 Å². The molecule has 0 radical (unpaired) electrons. The molecule has 3 aliphatic rings. The molecule has 0 spiro atoms. The van der Waals surface area contributed by atoms with Gasteiger partial charge in [-0.3, -0.25) is 9.80 Å². The van der Waals surface area contributed by atoms with Gasteiger partial charge in [0.05, 0.1) is 5.69 Å². The van der Waals surface area contributed by atoms with E-state index in [9.17, 15) is 0 Å². The lowest BCUT2D eigenvalue weighted by Gasteiger charge is -2.20. The Morgan fingerprint density at radius 3 is 2.53 bits per heavy atom. The number of likely N-dealkylation sites (tertiary alicyclic amines) is 2. The Hall–Kier alpha value is -0.870. The largest absolute Gasteiger partial charge is 0.451 e. The first-order valence-electron chi connectivity index (χ1n) is 6.72. The predicted molar refractivity (Wildman–Crippen MR) is 63.4 cm³/mol. The summed E-state index contributed by atoms with van der Waals surface area (Å²) in [4.78, 5) is 9.47. The second-order valence-electron chi connectivity index (χ2n) is 5.88. The molecule has 4 heteroatoms. The third kappa shape index (κ3) is 1.89. The van der Waals surface area contributed by atoms with E-state index in [4.69, 9.17) is 4.42 Å². The summed E-state index contributed by atoms with van der Waals surface area (Å²) in [6, 6.07) is 0.949. The van der Waals surface area contributed by atoms with Gasteiger partial charge in [-0.1, -0.05) is 0 Å². The quantitative estimate of drug-likeness (QED) is 0.785. The first kappa shape index (κ1) is 10.1. The van der Waals surface area contributed by atoms with Crippen LogP contribution in [0.3, 0.4) is 0 Å². The van der Waals surface area contributed by atoms with Crippen LogP contribution in [-0.2, 0) is 6.54 Å². The van der Waals surface area contributed by atoms with Gasteiger partial charge >= 0.3 is 0 Å². The third-order valence-electron chi connectivity index (χ3n) is 4.52. The topological polar surface area (TPSA) is 32.5 Å². The van der Waals surface area contributed by atoms with E-state index in [0.29, 0.717) is 0 Å². The summed E-state index contributed by atoms with van der Waals surface area (Å²) in [5.74, 6) is 1.81. The highest BCUT2D eigenvalue weighted by molar-refractivity contribution is 5.00. The molecule has 17 heavy (non-hydrogen) atoms. The van der Waals surface area contributed by atoms with Gasteiger partial charge in [0, 0.05) is 38.8 Å². The Bertz CT molecular complexity index is 373. The van der Waals surface area contributed by atoms with E-state index in [2.05, 4.69) is 14.8 Å². The van der Waals surface area contributed by atoms with Crippen molar-refractivity contribution < 1.29 is 4.42 Å². The monoisotopic (exact) mass is 233 g/mol. The number of aromatic nitrogens is 1. The van der Waals surface area contributed by atoms with Crippen molar-refractivity contribution in [1.82, 2.24) is 14.8 Å². The number of hydrogen-bond donors (Lipinski definition) is 0. The molecule has 1 aromatic heterocycles. The van der Waals surface area contributed by atoms with Crippen LogP contribution in [0.2, 0.25) is 0 Å². The maximum absolute atomic E-state index is 5.03. The molecule has 0 aromatic carbocycles. The fourth-order valence-electron chi connectivity index (χ4n) is 3.54. The molecule has 2 unspecified atom stereocenters. The Balaban J connectivity index is 1.35. The van der Waals surface area contributed by atoms with Gasteiger partial charge in [0.15, 0.2) is 6.39 Å². The highest BCUT2D eigenvalue weighted by Crippen LogP contribution is 2.38. The van der Waals surface area contributed by atoms with E-state index in [0.717, 1.165) is 30.1 Å². The zero-order valence-electron chi connectivity index (χ0n) is 10.1. The van der Waals surface area contributed by atoms with Crippen molar-refractivity contribution in [2.45, 2.75) is 25.4 Å². The Kier molecular flexibility index (Phi) is 2.27. The molecule has 1 saturated carbocycles. The maximum atomic E-state index is 5.03.